The summed E-state index contributed by atoms with van der Waals surface area (Å²) in [5.41, 5.74) is 2.73. The van der Waals surface area contributed by atoms with Crippen LogP contribution in [0.5, 0.6) is 0 Å². The molecule has 4 heterocycles. The Labute approximate surface area is 257 Å². The largest absolute Gasteiger partial charge is 0.505 e. The van der Waals surface area contributed by atoms with Gasteiger partial charge in [-0.2, -0.15) is 0 Å². The average molecular weight is 633 g/mol. The minimum Gasteiger partial charge on any atom is -0.505 e. The van der Waals surface area contributed by atoms with Gasteiger partial charge in [-0.25, -0.2) is 4.98 Å². The molecule has 1 unspecified atom stereocenters. The van der Waals surface area contributed by atoms with Crippen LogP contribution in [0.3, 0.4) is 0 Å². The van der Waals surface area contributed by atoms with Crippen LogP contribution in [0.25, 0.3) is 11.4 Å². The maximum Gasteiger partial charge on any atom is 0.301 e. The predicted octanol–water partition coefficient (Wildman–Crippen LogP) is 6.28. The van der Waals surface area contributed by atoms with Crippen molar-refractivity contribution in [2.45, 2.75) is 30.0 Å². The van der Waals surface area contributed by atoms with Gasteiger partial charge < -0.3 is 9.51 Å². The number of pyridine rings is 1. The Morgan fingerprint density at radius 1 is 1.12 bits per heavy atom. The lowest BCUT2D eigenvalue weighted by Crippen LogP contribution is -2.29. The maximum absolute atomic E-state index is 13.6. The summed E-state index contributed by atoms with van der Waals surface area (Å²) in [6, 6.07) is 15.4. The fourth-order valence-electron chi connectivity index (χ4n) is 4.94. The number of nitrogens with zero attached hydrogens (tertiary/aromatic N) is 6. The number of thioether (sulfide) groups is 1. The molecule has 14 heteroatoms. The van der Waals surface area contributed by atoms with E-state index in [0.29, 0.717) is 26.5 Å². The Balaban J connectivity index is 1.47. The third kappa shape index (κ3) is 5.05. The number of hydrogen-bond donors (Lipinski definition) is 1. The molecule has 1 N–H and O–H groups in total. The number of hydrogen-bond acceptors (Lipinski definition) is 10. The first-order chi connectivity index (χ1) is 20.7. The molecule has 1 saturated heterocycles. The topological polar surface area (TPSA) is 144 Å². The van der Waals surface area contributed by atoms with E-state index in [1.54, 1.807) is 29.7 Å². The molecule has 0 bridgehead atoms. The van der Waals surface area contributed by atoms with Gasteiger partial charge in [-0.3, -0.25) is 24.6 Å². The Bertz CT molecular complexity index is 1990. The van der Waals surface area contributed by atoms with Gasteiger partial charge >= 0.3 is 5.91 Å². The lowest BCUT2D eigenvalue weighted by molar-refractivity contribution is -0.384. The van der Waals surface area contributed by atoms with Gasteiger partial charge in [0, 0.05) is 29.1 Å². The summed E-state index contributed by atoms with van der Waals surface area (Å²) < 4.78 is 2.29. The number of carbonyl (C=O) groups is 2. The van der Waals surface area contributed by atoms with Crippen molar-refractivity contribution in [3.05, 3.63) is 116 Å². The SMILES string of the molecule is Cc1cccn2c(C)c(/C(O)=C3\C(=O)C(=O)N(c4nnc(SCc5ccccc5Cl)s4)C3c3cccc([N+](=O)[O-])c3)nc12. The number of imidazole rings is 1. The van der Waals surface area contributed by atoms with E-state index in [4.69, 9.17) is 11.6 Å². The second-order valence-electron chi connectivity index (χ2n) is 9.68. The number of aryl methyl sites for hydroxylation is 2. The summed E-state index contributed by atoms with van der Waals surface area (Å²) in [7, 11) is 0. The van der Waals surface area contributed by atoms with Gasteiger partial charge in [0.05, 0.1) is 22.2 Å². The number of amides is 1. The van der Waals surface area contributed by atoms with E-state index in [-0.39, 0.29) is 27.6 Å². The summed E-state index contributed by atoms with van der Waals surface area (Å²) in [5, 5.41) is 32.3. The molecule has 1 atom stereocenters. The molecule has 5 aromatic rings. The highest BCUT2D eigenvalue weighted by Gasteiger charge is 2.49. The second kappa shape index (κ2) is 11.2. The first kappa shape index (κ1) is 28.5. The van der Waals surface area contributed by atoms with E-state index >= 15 is 0 Å². The molecule has 216 valence electrons. The number of aliphatic hydroxyl groups excluding tert-OH is 1. The number of nitro benzene ring substituents is 1. The smallest absolute Gasteiger partial charge is 0.301 e. The highest BCUT2D eigenvalue weighted by atomic mass is 35.5. The van der Waals surface area contributed by atoms with Crippen molar-refractivity contribution in [2.75, 3.05) is 4.90 Å². The number of halogens is 1. The van der Waals surface area contributed by atoms with Crippen molar-refractivity contribution in [3.8, 4) is 0 Å². The van der Waals surface area contributed by atoms with Crippen molar-refractivity contribution in [1.29, 1.82) is 0 Å². The van der Waals surface area contributed by atoms with Gasteiger partial charge in [0.2, 0.25) is 5.13 Å². The van der Waals surface area contributed by atoms with Gasteiger partial charge in [-0.15, -0.1) is 10.2 Å². The van der Waals surface area contributed by atoms with Crippen molar-refractivity contribution >= 4 is 68.6 Å². The number of carbonyl (C=O) groups excluding carboxylic acids is 2. The monoisotopic (exact) mass is 632 g/mol. The molecule has 6 rings (SSSR count). The molecule has 11 nitrogen and oxygen atoms in total. The fraction of sp³-hybridized carbons (Fsp3) is 0.138. The van der Waals surface area contributed by atoms with Crippen LogP contribution >= 0.6 is 34.7 Å². The summed E-state index contributed by atoms with van der Waals surface area (Å²) in [6.45, 7) is 3.60. The number of aromatic nitrogens is 4. The Morgan fingerprint density at radius 3 is 2.65 bits per heavy atom. The summed E-state index contributed by atoms with van der Waals surface area (Å²) in [5.74, 6) is -1.92. The van der Waals surface area contributed by atoms with Gasteiger partial charge in [-0.05, 0) is 42.7 Å². The van der Waals surface area contributed by atoms with Crippen LogP contribution in [-0.4, -0.2) is 41.3 Å². The molecule has 1 fully saturated rings. The summed E-state index contributed by atoms with van der Waals surface area (Å²) in [4.78, 5) is 44.0. The number of benzene rings is 2. The highest BCUT2D eigenvalue weighted by Crippen LogP contribution is 2.45. The van der Waals surface area contributed by atoms with Crippen molar-refractivity contribution in [2.24, 2.45) is 0 Å². The normalized spacial score (nSPS) is 16.3. The number of ketones is 1. The van der Waals surface area contributed by atoms with Crippen LogP contribution < -0.4 is 4.90 Å². The number of Topliss-reactive ketones (excluding diaryl/α,β-unsaturated/α-hetero) is 1. The maximum atomic E-state index is 13.6. The van der Waals surface area contributed by atoms with Crippen molar-refractivity contribution in [1.82, 2.24) is 19.6 Å². The molecule has 3 aromatic heterocycles. The van der Waals surface area contributed by atoms with Crippen molar-refractivity contribution in [3.63, 3.8) is 0 Å². The van der Waals surface area contributed by atoms with Crippen LogP contribution in [0.1, 0.15) is 34.1 Å². The zero-order chi connectivity index (χ0) is 30.4. The molecule has 0 radical (unpaired) electrons. The molecule has 0 saturated carbocycles. The highest BCUT2D eigenvalue weighted by molar-refractivity contribution is 8.00. The first-order valence-corrected chi connectivity index (χ1v) is 15.0. The van der Waals surface area contributed by atoms with Crippen LogP contribution in [0.15, 0.2) is 76.8 Å². The number of nitro groups is 1. The number of non-ortho nitro benzene ring substituents is 1. The molecule has 1 aliphatic heterocycles. The Hall–Kier alpha value is -4.59. The predicted molar refractivity (Wildman–Crippen MR) is 163 cm³/mol. The Kier molecular flexibility index (Phi) is 7.46. The van der Waals surface area contributed by atoms with Gasteiger partial charge in [0.1, 0.15) is 11.3 Å². The fourth-order valence-corrected chi connectivity index (χ4v) is 7.09. The standard InChI is InChI=1S/C29H21ClN6O5S2/c1-15-7-6-12-34-16(2)22(31-26(15)34)24(37)21-23(17-9-5-10-19(13-17)36(40)41)35(27(39)25(21)38)28-32-33-29(43-28)42-14-18-8-3-4-11-20(18)30/h3-13,23,37H,14H2,1-2H3/b24-21+. The van der Waals surface area contributed by atoms with Crippen LogP contribution in [0.2, 0.25) is 5.02 Å². The minimum absolute atomic E-state index is 0.0990. The third-order valence-corrected chi connectivity index (χ3v) is 9.53. The van der Waals surface area contributed by atoms with Crippen molar-refractivity contribution < 1.29 is 19.6 Å². The van der Waals surface area contributed by atoms with Gasteiger partial charge in [-0.1, -0.05) is 71.1 Å². The number of aliphatic hydroxyl groups is 1. The Morgan fingerprint density at radius 2 is 1.91 bits per heavy atom. The van der Waals surface area contributed by atoms with E-state index in [9.17, 15) is 24.8 Å². The molecule has 2 aromatic carbocycles. The molecule has 1 amide bonds. The second-order valence-corrected chi connectivity index (χ2v) is 12.3. The van der Waals surface area contributed by atoms with E-state index < -0.39 is 28.4 Å². The van der Waals surface area contributed by atoms with Crippen LogP contribution in [0, 0.1) is 24.0 Å². The van der Waals surface area contributed by atoms with E-state index in [1.807, 2.05) is 37.3 Å². The number of fused-ring (bicyclic) bond motifs is 1. The zero-order valence-electron chi connectivity index (χ0n) is 22.6. The molecular formula is C29H21ClN6O5S2. The van der Waals surface area contributed by atoms with E-state index in [0.717, 1.165) is 27.4 Å². The first-order valence-electron chi connectivity index (χ1n) is 12.9. The molecule has 43 heavy (non-hydrogen) atoms. The number of rotatable bonds is 7. The quantitative estimate of drug-likeness (QED) is 0.0417. The average Bonchev–Trinajstić information content (AvgIpc) is 3.67. The summed E-state index contributed by atoms with van der Waals surface area (Å²) >= 11 is 8.72. The molecule has 1 aliphatic rings. The lowest BCUT2D eigenvalue weighted by atomic mass is 9.96. The molecule has 0 spiro atoms. The minimum atomic E-state index is -1.22. The molecular weight excluding hydrogens is 612 g/mol. The molecule has 0 aliphatic carbocycles. The third-order valence-electron chi connectivity index (χ3n) is 7.06. The lowest BCUT2D eigenvalue weighted by Gasteiger charge is -2.22. The van der Waals surface area contributed by atoms with E-state index in [2.05, 4.69) is 15.2 Å². The van der Waals surface area contributed by atoms with Gasteiger partial charge in [0.25, 0.3) is 11.5 Å². The van der Waals surface area contributed by atoms with E-state index in [1.165, 1.54) is 30.0 Å². The van der Waals surface area contributed by atoms with Crippen LogP contribution in [0.4, 0.5) is 10.8 Å². The van der Waals surface area contributed by atoms with Crippen LogP contribution in [-0.2, 0) is 15.3 Å². The summed E-state index contributed by atoms with van der Waals surface area (Å²) in [6.07, 6.45) is 1.78. The van der Waals surface area contributed by atoms with Gasteiger partial charge in [0.15, 0.2) is 10.1 Å². The zero-order valence-corrected chi connectivity index (χ0v) is 25.0. The number of anilines is 1.